The standard InChI is InChI=1S/C18H28N2O2/c1-14(2)15-6-8-17(9-7-15)22-12-10-18(21)20-11-4-3-5-16(20)13-19/h6-9,14,16H,3-5,10-13,19H2,1-2H3. The summed E-state index contributed by atoms with van der Waals surface area (Å²) < 4.78 is 5.69. The predicted octanol–water partition coefficient (Wildman–Crippen LogP) is 2.92. The lowest BCUT2D eigenvalue weighted by molar-refractivity contribution is -0.135. The largest absolute Gasteiger partial charge is 0.493 e. The van der Waals surface area contributed by atoms with Crippen LogP contribution in [-0.4, -0.2) is 36.5 Å². The van der Waals surface area contributed by atoms with Crippen LogP contribution in [0.3, 0.4) is 0 Å². The van der Waals surface area contributed by atoms with Crippen LogP contribution in [0.1, 0.15) is 51.0 Å². The summed E-state index contributed by atoms with van der Waals surface area (Å²) in [5, 5.41) is 0. The number of nitrogens with zero attached hydrogens (tertiary/aromatic N) is 1. The van der Waals surface area contributed by atoms with Gasteiger partial charge in [0.05, 0.1) is 13.0 Å². The molecule has 2 rings (SSSR count). The normalized spacial score (nSPS) is 18.5. The number of amides is 1. The topological polar surface area (TPSA) is 55.6 Å². The Morgan fingerprint density at radius 3 is 2.68 bits per heavy atom. The molecule has 1 fully saturated rings. The molecular weight excluding hydrogens is 276 g/mol. The second-order valence-corrected chi connectivity index (χ2v) is 6.29. The Morgan fingerprint density at radius 1 is 1.32 bits per heavy atom. The lowest BCUT2D eigenvalue weighted by Gasteiger charge is -2.35. The van der Waals surface area contributed by atoms with Crippen LogP contribution < -0.4 is 10.5 Å². The van der Waals surface area contributed by atoms with Crippen molar-refractivity contribution in [3.8, 4) is 5.75 Å². The molecule has 1 amide bonds. The number of carbonyl (C=O) groups is 1. The van der Waals surface area contributed by atoms with Crippen LogP contribution in [0, 0.1) is 0 Å². The van der Waals surface area contributed by atoms with Crippen molar-refractivity contribution >= 4 is 5.91 Å². The average Bonchev–Trinajstić information content (AvgIpc) is 2.55. The van der Waals surface area contributed by atoms with Crippen molar-refractivity contribution in [1.82, 2.24) is 4.90 Å². The van der Waals surface area contributed by atoms with Gasteiger partial charge in [-0.15, -0.1) is 0 Å². The fourth-order valence-corrected chi connectivity index (χ4v) is 2.92. The van der Waals surface area contributed by atoms with Gasteiger partial charge in [0.15, 0.2) is 0 Å². The number of carbonyl (C=O) groups excluding carboxylic acids is 1. The molecule has 0 aromatic heterocycles. The summed E-state index contributed by atoms with van der Waals surface area (Å²) in [5.74, 6) is 1.50. The average molecular weight is 304 g/mol. The van der Waals surface area contributed by atoms with Gasteiger partial charge in [-0.05, 0) is 42.9 Å². The first-order chi connectivity index (χ1) is 10.6. The maximum absolute atomic E-state index is 12.3. The molecule has 1 unspecified atom stereocenters. The summed E-state index contributed by atoms with van der Waals surface area (Å²) in [6, 6.07) is 8.33. The highest BCUT2D eigenvalue weighted by molar-refractivity contribution is 5.76. The minimum atomic E-state index is 0.161. The summed E-state index contributed by atoms with van der Waals surface area (Å²) in [7, 11) is 0. The van der Waals surface area contributed by atoms with Crippen LogP contribution in [0.15, 0.2) is 24.3 Å². The number of hydrogen-bond acceptors (Lipinski definition) is 3. The molecule has 4 heteroatoms. The molecule has 0 radical (unpaired) electrons. The number of piperidine rings is 1. The van der Waals surface area contributed by atoms with E-state index in [-0.39, 0.29) is 11.9 Å². The van der Waals surface area contributed by atoms with Crippen LogP contribution in [0.25, 0.3) is 0 Å². The van der Waals surface area contributed by atoms with Crippen molar-refractivity contribution in [1.29, 1.82) is 0 Å². The summed E-state index contributed by atoms with van der Waals surface area (Å²) in [6.45, 7) is 6.16. The molecule has 2 N–H and O–H groups in total. The third kappa shape index (κ3) is 4.47. The Morgan fingerprint density at radius 2 is 2.05 bits per heavy atom. The smallest absolute Gasteiger partial charge is 0.226 e. The predicted molar refractivity (Wildman–Crippen MR) is 89.0 cm³/mol. The Kier molecular flexibility index (Phi) is 6.25. The molecule has 0 aliphatic carbocycles. The summed E-state index contributed by atoms with van der Waals surface area (Å²) >= 11 is 0. The van der Waals surface area contributed by atoms with E-state index in [9.17, 15) is 4.79 Å². The SMILES string of the molecule is CC(C)c1ccc(OCCC(=O)N2CCCCC2CN)cc1. The van der Waals surface area contributed by atoms with E-state index in [4.69, 9.17) is 10.5 Å². The molecule has 122 valence electrons. The van der Waals surface area contributed by atoms with Crippen molar-refractivity contribution < 1.29 is 9.53 Å². The molecule has 1 heterocycles. The molecule has 0 spiro atoms. The zero-order valence-electron chi connectivity index (χ0n) is 13.8. The lowest BCUT2D eigenvalue weighted by atomic mass is 10.0. The van der Waals surface area contributed by atoms with Gasteiger partial charge >= 0.3 is 0 Å². The highest BCUT2D eigenvalue weighted by atomic mass is 16.5. The third-order valence-corrected chi connectivity index (χ3v) is 4.35. The van der Waals surface area contributed by atoms with Gasteiger partial charge in [-0.1, -0.05) is 26.0 Å². The van der Waals surface area contributed by atoms with Gasteiger partial charge in [-0.2, -0.15) is 0 Å². The van der Waals surface area contributed by atoms with Crippen LogP contribution in [-0.2, 0) is 4.79 Å². The Hall–Kier alpha value is -1.55. The lowest BCUT2D eigenvalue weighted by Crippen LogP contribution is -2.47. The molecule has 4 nitrogen and oxygen atoms in total. The maximum atomic E-state index is 12.3. The molecule has 22 heavy (non-hydrogen) atoms. The van der Waals surface area contributed by atoms with E-state index in [1.807, 2.05) is 17.0 Å². The Balaban J connectivity index is 1.78. The number of ether oxygens (including phenoxy) is 1. The van der Waals surface area contributed by atoms with E-state index in [2.05, 4.69) is 26.0 Å². The van der Waals surface area contributed by atoms with Crippen LogP contribution in [0.2, 0.25) is 0 Å². The molecular formula is C18H28N2O2. The van der Waals surface area contributed by atoms with Gasteiger partial charge in [-0.3, -0.25) is 4.79 Å². The molecule has 1 aromatic carbocycles. The van der Waals surface area contributed by atoms with Gasteiger partial charge in [0, 0.05) is 19.1 Å². The molecule has 0 bridgehead atoms. The first-order valence-corrected chi connectivity index (χ1v) is 8.34. The van der Waals surface area contributed by atoms with Crippen molar-refractivity contribution in [3.63, 3.8) is 0 Å². The number of likely N-dealkylation sites (tertiary alicyclic amines) is 1. The van der Waals surface area contributed by atoms with E-state index in [0.29, 0.717) is 25.5 Å². The minimum Gasteiger partial charge on any atom is -0.493 e. The second kappa shape index (κ2) is 8.18. The van der Waals surface area contributed by atoms with E-state index >= 15 is 0 Å². The van der Waals surface area contributed by atoms with E-state index in [1.54, 1.807) is 0 Å². The third-order valence-electron chi connectivity index (χ3n) is 4.35. The van der Waals surface area contributed by atoms with Crippen LogP contribution >= 0.6 is 0 Å². The second-order valence-electron chi connectivity index (χ2n) is 6.29. The van der Waals surface area contributed by atoms with Crippen LogP contribution in [0.5, 0.6) is 5.75 Å². The number of hydrogen-bond donors (Lipinski definition) is 1. The quantitative estimate of drug-likeness (QED) is 0.879. The monoisotopic (exact) mass is 304 g/mol. The van der Waals surface area contributed by atoms with E-state index in [1.165, 1.54) is 12.0 Å². The molecule has 1 saturated heterocycles. The molecule has 1 atom stereocenters. The van der Waals surface area contributed by atoms with Crippen molar-refractivity contribution in [2.45, 2.75) is 51.5 Å². The van der Waals surface area contributed by atoms with E-state index in [0.717, 1.165) is 25.1 Å². The number of nitrogens with two attached hydrogens (primary N) is 1. The van der Waals surface area contributed by atoms with Gasteiger partial charge in [0.2, 0.25) is 5.91 Å². The van der Waals surface area contributed by atoms with Crippen molar-refractivity contribution in [3.05, 3.63) is 29.8 Å². The maximum Gasteiger partial charge on any atom is 0.226 e. The molecule has 1 aromatic rings. The summed E-state index contributed by atoms with van der Waals surface area (Å²) in [4.78, 5) is 14.2. The van der Waals surface area contributed by atoms with Crippen molar-refractivity contribution in [2.75, 3.05) is 19.7 Å². The number of rotatable bonds is 6. The first-order valence-electron chi connectivity index (χ1n) is 8.34. The van der Waals surface area contributed by atoms with Crippen LogP contribution in [0.4, 0.5) is 0 Å². The number of benzene rings is 1. The minimum absolute atomic E-state index is 0.161. The van der Waals surface area contributed by atoms with Gasteiger partial charge in [0.1, 0.15) is 5.75 Å². The van der Waals surface area contributed by atoms with Gasteiger partial charge < -0.3 is 15.4 Å². The van der Waals surface area contributed by atoms with E-state index < -0.39 is 0 Å². The summed E-state index contributed by atoms with van der Waals surface area (Å²) in [6.07, 6.45) is 3.70. The summed E-state index contributed by atoms with van der Waals surface area (Å²) in [5.41, 5.74) is 7.06. The Labute approximate surface area is 133 Å². The fraction of sp³-hybridized carbons (Fsp3) is 0.611. The molecule has 1 aliphatic rings. The highest BCUT2D eigenvalue weighted by Crippen LogP contribution is 2.20. The zero-order chi connectivity index (χ0) is 15.9. The molecule has 1 aliphatic heterocycles. The first kappa shape index (κ1) is 16.8. The molecule has 0 saturated carbocycles. The Bertz CT molecular complexity index is 470. The van der Waals surface area contributed by atoms with Crippen molar-refractivity contribution in [2.24, 2.45) is 5.73 Å². The zero-order valence-corrected chi connectivity index (χ0v) is 13.8. The van der Waals surface area contributed by atoms with Gasteiger partial charge in [0.25, 0.3) is 0 Å². The fourth-order valence-electron chi connectivity index (χ4n) is 2.92. The highest BCUT2D eigenvalue weighted by Gasteiger charge is 2.25. The van der Waals surface area contributed by atoms with Gasteiger partial charge in [-0.25, -0.2) is 0 Å².